The lowest BCUT2D eigenvalue weighted by atomic mass is 9.83. The SMILES string of the molecule is COc1ccc(F)cc1C(=O)NCc1ccc(-n2cc(C3CCC(O)CC3)c3ncnc(N)c32)cc1. The largest absolute Gasteiger partial charge is 0.496 e. The van der Waals surface area contributed by atoms with E-state index in [4.69, 9.17) is 10.5 Å². The van der Waals surface area contributed by atoms with Crippen LogP contribution in [0.4, 0.5) is 10.2 Å². The van der Waals surface area contributed by atoms with Gasteiger partial charge in [-0.3, -0.25) is 4.79 Å². The number of carbonyl (C=O) groups excluding carboxylic acids is 1. The van der Waals surface area contributed by atoms with Gasteiger partial charge in [-0.25, -0.2) is 14.4 Å². The summed E-state index contributed by atoms with van der Waals surface area (Å²) in [6, 6.07) is 11.6. The average Bonchev–Trinajstić information content (AvgIpc) is 3.29. The summed E-state index contributed by atoms with van der Waals surface area (Å²) >= 11 is 0. The lowest BCUT2D eigenvalue weighted by molar-refractivity contribution is 0.0947. The Hall–Kier alpha value is -3.98. The van der Waals surface area contributed by atoms with Gasteiger partial charge in [-0.15, -0.1) is 0 Å². The summed E-state index contributed by atoms with van der Waals surface area (Å²) in [6.07, 6.45) is 6.69. The number of nitrogens with one attached hydrogen (secondary N) is 1. The van der Waals surface area contributed by atoms with Crippen LogP contribution in [0.3, 0.4) is 0 Å². The van der Waals surface area contributed by atoms with E-state index >= 15 is 0 Å². The summed E-state index contributed by atoms with van der Waals surface area (Å²) in [7, 11) is 1.44. The van der Waals surface area contributed by atoms with Crippen LogP contribution < -0.4 is 15.8 Å². The molecule has 1 amide bonds. The zero-order valence-corrected chi connectivity index (χ0v) is 19.9. The van der Waals surface area contributed by atoms with Gasteiger partial charge in [-0.05, 0) is 73.1 Å². The minimum atomic E-state index is -0.503. The van der Waals surface area contributed by atoms with Crippen LogP contribution in [0.15, 0.2) is 55.0 Å². The Bertz CT molecular complexity index is 1390. The van der Waals surface area contributed by atoms with Crippen LogP contribution in [0.1, 0.15) is 53.1 Å². The van der Waals surface area contributed by atoms with E-state index in [-0.39, 0.29) is 18.2 Å². The third-order valence-corrected chi connectivity index (χ3v) is 6.84. The molecule has 186 valence electrons. The second-order valence-electron chi connectivity index (χ2n) is 9.11. The highest BCUT2D eigenvalue weighted by molar-refractivity contribution is 5.97. The first kappa shape index (κ1) is 23.7. The van der Waals surface area contributed by atoms with Gasteiger partial charge in [0.05, 0.1) is 24.3 Å². The fourth-order valence-electron chi connectivity index (χ4n) is 4.90. The van der Waals surface area contributed by atoms with Crippen LogP contribution in [0, 0.1) is 5.82 Å². The molecule has 2 aromatic heterocycles. The van der Waals surface area contributed by atoms with Crippen molar-refractivity contribution < 1.29 is 19.0 Å². The highest BCUT2D eigenvalue weighted by atomic mass is 19.1. The lowest BCUT2D eigenvalue weighted by Gasteiger charge is -2.24. The Morgan fingerprint density at radius 3 is 2.64 bits per heavy atom. The second-order valence-corrected chi connectivity index (χ2v) is 9.11. The van der Waals surface area contributed by atoms with Crippen LogP contribution in [-0.2, 0) is 6.54 Å². The van der Waals surface area contributed by atoms with E-state index in [1.54, 1.807) is 0 Å². The van der Waals surface area contributed by atoms with Crippen molar-refractivity contribution in [2.24, 2.45) is 0 Å². The number of ether oxygens (including phenoxy) is 1. The van der Waals surface area contributed by atoms with Crippen molar-refractivity contribution in [3.05, 3.63) is 77.5 Å². The van der Waals surface area contributed by atoms with Crippen LogP contribution >= 0.6 is 0 Å². The summed E-state index contributed by atoms with van der Waals surface area (Å²) in [6.45, 7) is 0.270. The highest BCUT2D eigenvalue weighted by Crippen LogP contribution is 2.38. The van der Waals surface area contributed by atoms with Crippen molar-refractivity contribution in [3.63, 3.8) is 0 Å². The maximum atomic E-state index is 13.6. The summed E-state index contributed by atoms with van der Waals surface area (Å²) in [4.78, 5) is 21.3. The molecule has 4 N–H and O–H groups in total. The number of nitrogens with two attached hydrogens (primary N) is 1. The summed E-state index contributed by atoms with van der Waals surface area (Å²) in [5.41, 5.74) is 10.9. The lowest BCUT2D eigenvalue weighted by Crippen LogP contribution is -2.23. The number of amides is 1. The van der Waals surface area contributed by atoms with E-state index in [9.17, 15) is 14.3 Å². The molecule has 9 heteroatoms. The molecule has 36 heavy (non-hydrogen) atoms. The van der Waals surface area contributed by atoms with E-state index in [0.717, 1.165) is 59.6 Å². The van der Waals surface area contributed by atoms with Gasteiger partial charge in [0.25, 0.3) is 5.91 Å². The Morgan fingerprint density at radius 1 is 1.17 bits per heavy atom. The molecule has 5 rings (SSSR count). The Balaban J connectivity index is 1.37. The Morgan fingerprint density at radius 2 is 1.92 bits per heavy atom. The third kappa shape index (κ3) is 4.61. The standard InChI is InChI=1S/C27H28FN5O3/c1-36-23-11-6-18(28)12-21(23)27(35)30-13-16-2-7-19(8-3-16)33-14-22(17-4-9-20(34)10-5-17)24-25(33)26(29)32-15-31-24/h2-3,6-8,11-12,14-15,17,20,34H,4-5,9-10,13H2,1H3,(H,30,35)(H2,29,31,32). The van der Waals surface area contributed by atoms with Crippen molar-refractivity contribution in [3.8, 4) is 11.4 Å². The van der Waals surface area contributed by atoms with E-state index in [2.05, 4.69) is 21.5 Å². The minimum Gasteiger partial charge on any atom is -0.496 e. The molecule has 0 bridgehead atoms. The molecule has 1 aliphatic rings. The van der Waals surface area contributed by atoms with E-state index in [0.29, 0.717) is 17.5 Å². The molecule has 0 unspecified atom stereocenters. The van der Waals surface area contributed by atoms with Crippen molar-refractivity contribution in [1.29, 1.82) is 0 Å². The van der Waals surface area contributed by atoms with E-state index in [1.165, 1.54) is 25.6 Å². The van der Waals surface area contributed by atoms with Gasteiger partial charge < -0.3 is 25.5 Å². The quantitative estimate of drug-likeness (QED) is 0.376. The molecule has 0 spiro atoms. The van der Waals surface area contributed by atoms with Gasteiger partial charge in [0.2, 0.25) is 0 Å². The van der Waals surface area contributed by atoms with Gasteiger partial charge in [0.1, 0.15) is 23.4 Å². The molecule has 0 saturated heterocycles. The predicted octanol–water partition coefficient (Wildman–Crippen LogP) is 4.10. The monoisotopic (exact) mass is 489 g/mol. The van der Waals surface area contributed by atoms with Crippen LogP contribution in [0.2, 0.25) is 0 Å². The molecule has 4 aromatic rings. The zero-order chi connectivity index (χ0) is 25.2. The Kier molecular flexibility index (Phi) is 6.56. The summed E-state index contributed by atoms with van der Waals surface area (Å²) < 4.78 is 20.8. The van der Waals surface area contributed by atoms with Gasteiger partial charge >= 0.3 is 0 Å². The molecule has 8 nitrogen and oxygen atoms in total. The van der Waals surface area contributed by atoms with Gasteiger partial charge in [-0.2, -0.15) is 0 Å². The number of hydrogen-bond donors (Lipinski definition) is 3. The number of aliphatic hydroxyl groups excluding tert-OH is 1. The first-order valence-electron chi connectivity index (χ1n) is 11.9. The minimum absolute atomic E-state index is 0.145. The third-order valence-electron chi connectivity index (χ3n) is 6.84. The molecule has 1 saturated carbocycles. The molecule has 1 fully saturated rings. The van der Waals surface area contributed by atoms with Gasteiger partial charge in [0, 0.05) is 18.4 Å². The number of nitrogens with zero attached hydrogens (tertiary/aromatic N) is 3. The van der Waals surface area contributed by atoms with Crippen LogP contribution in [0.5, 0.6) is 5.75 Å². The number of nitrogen functional groups attached to an aromatic ring is 1. The maximum Gasteiger partial charge on any atom is 0.255 e. The summed E-state index contributed by atoms with van der Waals surface area (Å²) in [5.74, 6) is 0.102. The molecular formula is C27H28FN5O3. The first-order valence-corrected chi connectivity index (χ1v) is 11.9. The fourth-order valence-corrected chi connectivity index (χ4v) is 4.90. The molecule has 2 heterocycles. The second kappa shape index (κ2) is 9.94. The van der Waals surface area contributed by atoms with Crippen molar-refractivity contribution in [2.75, 3.05) is 12.8 Å². The topological polar surface area (TPSA) is 115 Å². The zero-order valence-electron chi connectivity index (χ0n) is 19.9. The number of halogens is 1. The molecular weight excluding hydrogens is 461 g/mol. The Labute approximate surface area is 207 Å². The molecule has 2 aromatic carbocycles. The number of hydrogen-bond acceptors (Lipinski definition) is 6. The molecule has 0 aliphatic heterocycles. The number of rotatable bonds is 6. The number of aromatic nitrogens is 3. The van der Waals surface area contributed by atoms with Gasteiger partial charge in [0.15, 0.2) is 5.82 Å². The number of aliphatic hydroxyl groups is 1. The van der Waals surface area contributed by atoms with E-state index < -0.39 is 11.7 Å². The number of fused-ring (bicyclic) bond motifs is 1. The smallest absolute Gasteiger partial charge is 0.255 e. The molecule has 0 radical (unpaired) electrons. The normalized spacial score (nSPS) is 17.8. The number of benzene rings is 2. The van der Waals surface area contributed by atoms with Crippen LogP contribution in [-0.4, -0.2) is 38.8 Å². The highest BCUT2D eigenvalue weighted by Gasteiger charge is 2.26. The van der Waals surface area contributed by atoms with Gasteiger partial charge in [-0.1, -0.05) is 12.1 Å². The number of methoxy groups -OCH3 is 1. The number of carbonyl (C=O) groups is 1. The van der Waals surface area contributed by atoms with Crippen molar-refractivity contribution in [2.45, 2.75) is 44.2 Å². The van der Waals surface area contributed by atoms with E-state index in [1.807, 2.05) is 28.8 Å². The average molecular weight is 490 g/mol. The fraction of sp³-hybridized carbons (Fsp3) is 0.296. The summed E-state index contributed by atoms with van der Waals surface area (Å²) in [5, 5.41) is 12.7. The molecule has 1 aliphatic carbocycles. The predicted molar refractivity (Wildman–Crippen MR) is 135 cm³/mol. The van der Waals surface area contributed by atoms with Crippen molar-refractivity contribution >= 4 is 22.8 Å². The number of anilines is 1. The van der Waals surface area contributed by atoms with Crippen molar-refractivity contribution in [1.82, 2.24) is 19.9 Å². The maximum absolute atomic E-state index is 13.6. The first-order chi connectivity index (χ1) is 17.4. The van der Waals surface area contributed by atoms with Crippen LogP contribution in [0.25, 0.3) is 16.7 Å². The molecule has 0 atom stereocenters.